The van der Waals surface area contributed by atoms with Crippen LogP contribution in [0.25, 0.3) is 0 Å². The van der Waals surface area contributed by atoms with Crippen LogP contribution in [0.4, 0.5) is 0 Å². The highest BCUT2D eigenvalue weighted by Crippen LogP contribution is 2.19. The SMILES string of the molecule is CCCC(O)C[C@H](C)C/C=C/C(=O)CCC[C@@H](C)C[C@@H](C)COCc1ccccc1. The molecule has 0 heterocycles. The van der Waals surface area contributed by atoms with Crippen LogP contribution in [0.3, 0.4) is 0 Å². The number of hydrogen-bond acceptors (Lipinski definition) is 3. The normalized spacial score (nSPS) is 15.8. The third kappa shape index (κ3) is 13.7. The van der Waals surface area contributed by atoms with Gasteiger partial charge in [0.2, 0.25) is 0 Å². The lowest BCUT2D eigenvalue weighted by Gasteiger charge is -2.17. The van der Waals surface area contributed by atoms with E-state index in [0.29, 0.717) is 30.8 Å². The summed E-state index contributed by atoms with van der Waals surface area (Å²) in [6.45, 7) is 10.2. The van der Waals surface area contributed by atoms with Crippen molar-refractivity contribution in [2.24, 2.45) is 17.8 Å². The molecule has 0 aliphatic heterocycles. The summed E-state index contributed by atoms with van der Waals surface area (Å²) in [4.78, 5) is 12.1. The minimum atomic E-state index is -0.207. The van der Waals surface area contributed by atoms with E-state index in [1.807, 2.05) is 24.3 Å². The van der Waals surface area contributed by atoms with Gasteiger partial charge in [0.05, 0.1) is 12.7 Å². The van der Waals surface area contributed by atoms with Crippen LogP contribution >= 0.6 is 0 Å². The molecule has 0 bridgehead atoms. The van der Waals surface area contributed by atoms with Crippen LogP contribution in [0.5, 0.6) is 0 Å². The second kappa shape index (κ2) is 16.3. The zero-order valence-corrected chi connectivity index (χ0v) is 19.7. The fraction of sp³-hybridized carbons (Fsp3) is 0.667. The third-order valence-corrected chi connectivity index (χ3v) is 5.58. The molecule has 1 aromatic carbocycles. The summed E-state index contributed by atoms with van der Waals surface area (Å²) in [5.41, 5.74) is 1.22. The van der Waals surface area contributed by atoms with Crippen molar-refractivity contribution >= 4 is 5.78 Å². The first-order valence-corrected chi connectivity index (χ1v) is 11.9. The van der Waals surface area contributed by atoms with Crippen LogP contribution in [0.2, 0.25) is 0 Å². The molecule has 170 valence electrons. The average molecular weight is 417 g/mol. The average Bonchev–Trinajstić information content (AvgIpc) is 2.68. The van der Waals surface area contributed by atoms with Gasteiger partial charge in [-0.05, 0) is 61.5 Å². The summed E-state index contributed by atoms with van der Waals surface area (Å²) < 4.78 is 5.85. The maximum Gasteiger partial charge on any atom is 0.155 e. The molecule has 1 rings (SSSR count). The predicted octanol–water partition coefficient (Wildman–Crippen LogP) is 6.74. The van der Waals surface area contributed by atoms with Gasteiger partial charge in [-0.3, -0.25) is 4.79 Å². The van der Waals surface area contributed by atoms with Gasteiger partial charge in [0.15, 0.2) is 5.78 Å². The third-order valence-electron chi connectivity index (χ3n) is 5.58. The Morgan fingerprint density at radius 3 is 2.47 bits per heavy atom. The number of rotatable bonds is 17. The maximum atomic E-state index is 12.1. The second-order valence-corrected chi connectivity index (χ2v) is 9.23. The van der Waals surface area contributed by atoms with Crippen molar-refractivity contribution in [2.45, 2.75) is 91.8 Å². The maximum absolute atomic E-state index is 12.1. The Morgan fingerprint density at radius 2 is 1.77 bits per heavy atom. The first-order chi connectivity index (χ1) is 14.4. The van der Waals surface area contributed by atoms with Crippen molar-refractivity contribution in [1.29, 1.82) is 0 Å². The Morgan fingerprint density at radius 1 is 1.03 bits per heavy atom. The standard InChI is InChI=1S/C27H44O3/c1-5-11-27(29)19-23(3)13-10-17-26(28)16-9-12-22(2)18-24(4)20-30-21-25-14-7-6-8-15-25/h6-8,10,14-15,17,22-24,27,29H,5,9,11-13,16,18-21H2,1-4H3/b17-10+/t22-,23-,24-,27?/m1/s1. The van der Waals surface area contributed by atoms with Gasteiger partial charge in [-0.15, -0.1) is 0 Å². The van der Waals surface area contributed by atoms with Crippen molar-refractivity contribution in [3.63, 3.8) is 0 Å². The van der Waals surface area contributed by atoms with E-state index >= 15 is 0 Å². The van der Waals surface area contributed by atoms with Crippen LogP contribution in [-0.4, -0.2) is 23.6 Å². The number of ketones is 1. The van der Waals surface area contributed by atoms with Gasteiger partial charge >= 0.3 is 0 Å². The van der Waals surface area contributed by atoms with Crippen LogP contribution in [0.1, 0.15) is 84.6 Å². The smallest absolute Gasteiger partial charge is 0.155 e. The van der Waals surface area contributed by atoms with Crippen LogP contribution < -0.4 is 0 Å². The molecule has 0 saturated carbocycles. The monoisotopic (exact) mass is 416 g/mol. The summed E-state index contributed by atoms with van der Waals surface area (Å²) in [7, 11) is 0. The Kier molecular flexibility index (Phi) is 14.4. The molecular weight excluding hydrogens is 372 g/mol. The van der Waals surface area contributed by atoms with Gasteiger partial charge < -0.3 is 9.84 Å². The van der Waals surface area contributed by atoms with Crippen molar-refractivity contribution in [1.82, 2.24) is 0 Å². The van der Waals surface area contributed by atoms with Gasteiger partial charge in [-0.1, -0.05) is 76.9 Å². The molecule has 1 N–H and O–H groups in total. The number of carbonyl (C=O) groups excluding carboxylic acids is 1. The highest BCUT2D eigenvalue weighted by molar-refractivity contribution is 5.89. The summed E-state index contributed by atoms with van der Waals surface area (Å²) in [6.07, 6.45) is 10.9. The molecule has 0 aromatic heterocycles. The summed E-state index contributed by atoms with van der Waals surface area (Å²) in [5.74, 6) is 1.78. The van der Waals surface area contributed by atoms with E-state index in [1.54, 1.807) is 6.08 Å². The molecule has 3 nitrogen and oxygen atoms in total. The largest absolute Gasteiger partial charge is 0.393 e. The zero-order chi connectivity index (χ0) is 22.2. The van der Waals surface area contributed by atoms with E-state index in [-0.39, 0.29) is 11.9 Å². The number of allylic oxidation sites excluding steroid dienone is 2. The Bertz CT molecular complexity index is 581. The molecule has 0 saturated heterocycles. The number of aliphatic hydroxyl groups is 1. The van der Waals surface area contributed by atoms with Crippen molar-refractivity contribution in [2.75, 3.05) is 6.61 Å². The summed E-state index contributed by atoms with van der Waals surface area (Å²) >= 11 is 0. The number of benzene rings is 1. The van der Waals surface area contributed by atoms with Crippen molar-refractivity contribution in [3.05, 3.63) is 48.0 Å². The van der Waals surface area contributed by atoms with Crippen LogP contribution in [0, 0.1) is 17.8 Å². The minimum absolute atomic E-state index is 0.207. The van der Waals surface area contributed by atoms with Gasteiger partial charge in [0.25, 0.3) is 0 Å². The fourth-order valence-corrected chi connectivity index (χ4v) is 3.98. The molecule has 4 atom stereocenters. The fourth-order valence-electron chi connectivity index (χ4n) is 3.98. The quantitative estimate of drug-likeness (QED) is 0.286. The van der Waals surface area contributed by atoms with E-state index in [2.05, 4.69) is 39.8 Å². The van der Waals surface area contributed by atoms with Gasteiger partial charge in [0, 0.05) is 13.0 Å². The van der Waals surface area contributed by atoms with Crippen LogP contribution in [-0.2, 0) is 16.1 Å². The van der Waals surface area contributed by atoms with E-state index in [0.717, 1.165) is 51.6 Å². The van der Waals surface area contributed by atoms with Crippen LogP contribution in [0.15, 0.2) is 42.5 Å². The molecule has 0 aliphatic carbocycles. The number of carbonyl (C=O) groups is 1. The molecule has 0 fully saturated rings. The first kappa shape index (κ1) is 26.6. The summed E-state index contributed by atoms with van der Waals surface area (Å²) in [6, 6.07) is 10.3. The molecule has 0 radical (unpaired) electrons. The molecular formula is C27H44O3. The van der Waals surface area contributed by atoms with E-state index < -0.39 is 0 Å². The highest BCUT2D eigenvalue weighted by atomic mass is 16.5. The number of aliphatic hydroxyl groups excluding tert-OH is 1. The molecule has 0 spiro atoms. The molecule has 1 unspecified atom stereocenters. The summed E-state index contributed by atoms with van der Waals surface area (Å²) in [5, 5.41) is 9.86. The number of hydrogen-bond donors (Lipinski definition) is 1. The molecule has 3 heteroatoms. The number of ether oxygens (including phenoxy) is 1. The minimum Gasteiger partial charge on any atom is -0.393 e. The molecule has 0 aliphatic rings. The Hall–Kier alpha value is -1.45. The first-order valence-electron chi connectivity index (χ1n) is 11.9. The lowest BCUT2D eigenvalue weighted by atomic mass is 9.93. The van der Waals surface area contributed by atoms with Crippen molar-refractivity contribution < 1.29 is 14.6 Å². The molecule has 1 aromatic rings. The zero-order valence-electron chi connectivity index (χ0n) is 19.7. The topological polar surface area (TPSA) is 46.5 Å². The second-order valence-electron chi connectivity index (χ2n) is 9.23. The van der Waals surface area contributed by atoms with E-state index in [9.17, 15) is 9.90 Å². The molecule has 0 amide bonds. The van der Waals surface area contributed by atoms with Gasteiger partial charge in [-0.2, -0.15) is 0 Å². The lowest BCUT2D eigenvalue weighted by molar-refractivity contribution is -0.114. The van der Waals surface area contributed by atoms with Crippen molar-refractivity contribution in [3.8, 4) is 0 Å². The predicted molar refractivity (Wildman–Crippen MR) is 126 cm³/mol. The van der Waals surface area contributed by atoms with E-state index in [1.165, 1.54) is 5.56 Å². The lowest BCUT2D eigenvalue weighted by Crippen LogP contribution is -2.11. The van der Waals surface area contributed by atoms with E-state index in [4.69, 9.17) is 4.74 Å². The van der Waals surface area contributed by atoms with Gasteiger partial charge in [0.1, 0.15) is 0 Å². The highest BCUT2D eigenvalue weighted by Gasteiger charge is 2.11. The Balaban J connectivity index is 2.10. The van der Waals surface area contributed by atoms with Gasteiger partial charge in [-0.25, -0.2) is 0 Å². The Labute approximate surface area is 184 Å². The molecule has 30 heavy (non-hydrogen) atoms.